The lowest BCUT2D eigenvalue weighted by atomic mass is 10.3. The van der Waals surface area contributed by atoms with Gasteiger partial charge in [-0.15, -0.1) is 0 Å². The van der Waals surface area contributed by atoms with Gasteiger partial charge >= 0.3 is 0 Å². The summed E-state index contributed by atoms with van der Waals surface area (Å²) in [4.78, 5) is 4.59. The molecule has 22 heavy (non-hydrogen) atoms. The van der Waals surface area contributed by atoms with Crippen LogP contribution < -0.4 is 10.6 Å². The summed E-state index contributed by atoms with van der Waals surface area (Å²) in [7, 11) is 0. The molecule has 3 rings (SSSR count). The first kappa shape index (κ1) is 13.9. The summed E-state index contributed by atoms with van der Waals surface area (Å²) in [5.74, 6) is 0.559. The van der Waals surface area contributed by atoms with Gasteiger partial charge in [0.15, 0.2) is 0 Å². The molecule has 0 unspecified atom stereocenters. The molecule has 0 aliphatic rings. The van der Waals surface area contributed by atoms with Crippen molar-refractivity contribution in [2.75, 3.05) is 5.32 Å². The van der Waals surface area contributed by atoms with Gasteiger partial charge in [-0.25, -0.2) is 10.3 Å². The minimum absolute atomic E-state index is 0.559. The third-order valence-corrected chi connectivity index (χ3v) is 3.01. The van der Waals surface area contributed by atoms with Gasteiger partial charge in [0.25, 0.3) is 0 Å². The van der Waals surface area contributed by atoms with E-state index in [9.17, 15) is 0 Å². The van der Waals surface area contributed by atoms with Crippen molar-refractivity contribution in [1.29, 1.82) is 0 Å². The number of nitrogens with zero attached hydrogens (tertiary/aromatic N) is 2. The van der Waals surface area contributed by atoms with Crippen LogP contribution in [0.25, 0.3) is 0 Å². The van der Waals surface area contributed by atoms with E-state index in [0.29, 0.717) is 5.96 Å². The van der Waals surface area contributed by atoms with Crippen LogP contribution >= 0.6 is 0 Å². The highest BCUT2D eigenvalue weighted by molar-refractivity contribution is 5.97. The SMILES string of the molecule is c1ccc([N]C(=Nc2ccccc2)Nc2ccccc2)cc1. The third-order valence-electron chi connectivity index (χ3n) is 3.01. The van der Waals surface area contributed by atoms with E-state index in [0.717, 1.165) is 17.1 Å². The predicted molar refractivity (Wildman–Crippen MR) is 91.8 cm³/mol. The van der Waals surface area contributed by atoms with E-state index in [1.165, 1.54) is 0 Å². The Morgan fingerprint density at radius 1 is 0.591 bits per heavy atom. The maximum absolute atomic E-state index is 4.59. The van der Waals surface area contributed by atoms with Gasteiger partial charge in [-0.05, 0) is 36.4 Å². The predicted octanol–water partition coefficient (Wildman–Crippen LogP) is 4.72. The smallest absolute Gasteiger partial charge is 0.228 e. The number of rotatable bonds is 3. The highest BCUT2D eigenvalue weighted by Gasteiger charge is 2.03. The molecule has 0 atom stereocenters. The van der Waals surface area contributed by atoms with Crippen LogP contribution in [-0.4, -0.2) is 5.96 Å². The van der Waals surface area contributed by atoms with Gasteiger partial charge < -0.3 is 5.32 Å². The van der Waals surface area contributed by atoms with Gasteiger partial charge in [-0.2, -0.15) is 0 Å². The molecule has 3 aromatic rings. The zero-order chi connectivity index (χ0) is 15.0. The first-order chi connectivity index (χ1) is 10.9. The van der Waals surface area contributed by atoms with Crippen LogP contribution in [-0.2, 0) is 0 Å². The zero-order valence-corrected chi connectivity index (χ0v) is 12.1. The lowest BCUT2D eigenvalue weighted by Crippen LogP contribution is -2.20. The first-order valence-corrected chi connectivity index (χ1v) is 7.13. The minimum Gasteiger partial charge on any atom is -0.324 e. The summed E-state index contributed by atoms with van der Waals surface area (Å²) in [6, 6.07) is 29.5. The van der Waals surface area contributed by atoms with Gasteiger partial charge in [-0.1, -0.05) is 54.6 Å². The highest BCUT2D eigenvalue weighted by atomic mass is 15.2. The van der Waals surface area contributed by atoms with Crippen molar-refractivity contribution >= 4 is 23.0 Å². The molecule has 0 bridgehead atoms. The quantitative estimate of drug-likeness (QED) is 0.549. The molecule has 0 aliphatic heterocycles. The summed E-state index contributed by atoms with van der Waals surface area (Å²) < 4.78 is 0. The van der Waals surface area contributed by atoms with Crippen molar-refractivity contribution in [3.8, 4) is 0 Å². The second-order valence-electron chi connectivity index (χ2n) is 4.71. The average molecular weight is 286 g/mol. The second kappa shape index (κ2) is 7.09. The van der Waals surface area contributed by atoms with Gasteiger partial charge in [0, 0.05) is 5.69 Å². The molecule has 1 N–H and O–H groups in total. The fraction of sp³-hybridized carbons (Fsp3) is 0. The molecular weight excluding hydrogens is 270 g/mol. The molecule has 0 saturated heterocycles. The molecule has 0 amide bonds. The lowest BCUT2D eigenvalue weighted by molar-refractivity contribution is 1.22. The number of guanidine groups is 1. The molecule has 0 aromatic heterocycles. The summed E-state index contributed by atoms with van der Waals surface area (Å²) in [6.07, 6.45) is 0. The largest absolute Gasteiger partial charge is 0.324 e. The van der Waals surface area contributed by atoms with E-state index in [-0.39, 0.29) is 0 Å². The minimum atomic E-state index is 0.559. The van der Waals surface area contributed by atoms with Gasteiger partial charge in [0.2, 0.25) is 5.96 Å². The lowest BCUT2D eigenvalue weighted by Gasteiger charge is -2.10. The maximum Gasteiger partial charge on any atom is 0.228 e. The third kappa shape index (κ3) is 3.96. The van der Waals surface area contributed by atoms with Crippen molar-refractivity contribution < 1.29 is 0 Å². The van der Waals surface area contributed by atoms with Crippen molar-refractivity contribution in [2.24, 2.45) is 4.99 Å². The van der Waals surface area contributed by atoms with Crippen LogP contribution in [0.2, 0.25) is 0 Å². The zero-order valence-electron chi connectivity index (χ0n) is 12.1. The number of benzene rings is 3. The molecule has 0 aliphatic carbocycles. The Kier molecular flexibility index (Phi) is 4.47. The fourth-order valence-corrected chi connectivity index (χ4v) is 1.98. The number of para-hydroxylation sites is 3. The van der Waals surface area contributed by atoms with E-state index in [1.807, 2.05) is 91.0 Å². The number of hydrogen-bond acceptors (Lipinski definition) is 1. The average Bonchev–Trinajstić information content (AvgIpc) is 2.57. The van der Waals surface area contributed by atoms with Crippen molar-refractivity contribution in [3.05, 3.63) is 91.0 Å². The van der Waals surface area contributed by atoms with Crippen LogP contribution in [0, 0.1) is 0 Å². The van der Waals surface area contributed by atoms with E-state index >= 15 is 0 Å². The van der Waals surface area contributed by atoms with E-state index < -0.39 is 0 Å². The second-order valence-corrected chi connectivity index (χ2v) is 4.71. The first-order valence-electron chi connectivity index (χ1n) is 7.13. The molecule has 3 aromatic carbocycles. The Bertz CT molecular complexity index is 679. The topological polar surface area (TPSA) is 38.5 Å². The fourth-order valence-electron chi connectivity index (χ4n) is 1.98. The molecule has 0 saturated carbocycles. The molecule has 0 heterocycles. The van der Waals surface area contributed by atoms with Gasteiger partial charge in [-0.3, -0.25) is 0 Å². The van der Waals surface area contributed by atoms with Crippen LogP contribution in [0.3, 0.4) is 0 Å². The molecular formula is C19H16N3. The molecule has 0 fully saturated rings. The van der Waals surface area contributed by atoms with Gasteiger partial charge in [0.1, 0.15) is 0 Å². The summed E-state index contributed by atoms with van der Waals surface area (Å²) >= 11 is 0. The number of anilines is 1. The highest BCUT2D eigenvalue weighted by Crippen LogP contribution is 2.14. The Morgan fingerprint density at radius 3 is 1.68 bits per heavy atom. The van der Waals surface area contributed by atoms with Crippen molar-refractivity contribution in [3.63, 3.8) is 0 Å². The Hall–Kier alpha value is -3.07. The number of nitrogens with one attached hydrogen (secondary N) is 1. The molecule has 3 nitrogen and oxygen atoms in total. The monoisotopic (exact) mass is 286 g/mol. The van der Waals surface area contributed by atoms with Crippen LogP contribution in [0.5, 0.6) is 0 Å². The van der Waals surface area contributed by atoms with Crippen molar-refractivity contribution in [2.45, 2.75) is 0 Å². The maximum atomic E-state index is 4.59. The molecule has 107 valence electrons. The van der Waals surface area contributed by atoms with E-state index in [4.69, 9.17) is 0 Å². The molecule has 0 spiro atoms. The molecule has 1 radical (unpaired) electrons. The number of aliphatic imine (C=N–C) groups is 1. The van der Waals surface area contributed by atoms with Crippen LogP contribution in [0.4, 0.5) is 17.1 Å². The summed E-state index contributed by atoms with van der Waals surface area (Å²) in [5, 5.41) is 7.85. The van der Waals surface area contributed by atoms with E-state index in [2.05, 4.69) is 15.6 Å². The normalized spacial score (nSPS) is 11.0. The van der Waals surface area contributed by atoms with Crippen LogP contribution in [0.1, 0.15) is 0 Å². The van der Waals surface area contributed by atoms with Gasteiger partial charge in [0.05, 0.1) is 11.4 Å². The van der Waals surface area contributed by atoms with Crippen LogP contribution in [0.15, 0.2) is 96.0 Å². The Balaban J connectivity index is 1.86. The summed E-state index contributed by atoms with van der Waals surface area (Å²) in [6.45, 7) is 0. The summed E-state index contributed by atoms with van der Waals surface area (Å²) in [5.41, 5.74) is 2.68. The molecule has 3 heteroatoms. The number of hydrogen-bond donors (Lipinski definition) is 1. The Labute approximate surface area is 130 Å². The standard InChI is InChI=1S/C19H16N3/c1-4-10-16(11-5-1)20-19(21-17-12-6-2-7-13-17)22-18-14-8-3-9-15-18/h1-15H,(H,20,21). The van der Waals surface area contributed by atoms with Crippen molar-refractivity contribution in [1.82, 2.24) is 5.32 Å². The van der Waals surface area contributed by atoms with E-state index in [1.54, 1.807) is 0 Å². The Morgan fingerprint density at radius 2 is 1.09 bits per heavy atom.